The molecule has 0 unspecified atom stereocenters. The van der Waals surface area contributed by atoms with Crippen LogP contribution in [0.2, 0.25) is 0 Å². The van der Waals surface area contributed by atoms with E-state index in [1.165, 1.54) is 10.7 Å². The van der Waals surface area contributed by atoms with E-state index < -0.39 is 0 Å². The minimum atomic E-state index is -0.100. The van der Waals surface area contributed by atoms with Gasteiger partial charge in [0, 0.05) is 23.7 Å². The Morgan fingerprint density at radius 3 is 2.57 bits per heavy atom. The molecule has 0 aliphatic heterocycles. The molecule has 0 aliphatic carbocycles. The molecule has 7 nitrogen and oxygen atoms in total. The van der Waals surface area contributed by atoms with Crippen LogP contribution in [0.25, 0.3) is 22.6 Å². The van der Waals surface area contributed by atoms with E-state index in [0.29, 0.717) is 24.8 Å². The average molecular weight is 311 g/mol. The zero-order chi connectivity index (χ0) is 16.2. The van der Waals surface area contributed by atoms with Crippen molar-refractivity contribution in [1.82, 2.24) is 25.2 Å². The highest BCUT2D eigenvalue weighted by atomic mass is 16.5. The largest absolute Gasteiger partial charge is 0.338 e. The zero-order valence-corrected chi connectivity index (χ0v) is 13.0. The van der Waals surface area contributed by atoms with E-state index in [1.807, 2.05) is 38.2 Å². The summed E-state index contributed by atoms with van der Waals surface area (Å²) < 4.78 is 6.58. The lowest BCUT2D eigenvalue weighted by atomic mass is 10.1. The molecule has 1 aromatic carbocycles. The van der Waals surface area contributed by atoms with Crippen LogP contribution in [0, 0.1) is 0 Å². The van der Waals surface area contributed by atoms with Crippen molar-refractivity contribution in [3.05, 3.63) is 52.6 Å². The van der Waals surface area contributed by atoms with Crippen molar-refractivity contribution in [2.75, 3.05) is 7.05 Å². The van der Waals surface area contributed by atoms with Gasteiger partial charge in [0.15, 0.2) is 0 Å². The first-order valence-corrected chi connectivity index (χ1v) is 7.37. The predicted molar refractivity (Wildman–Crippen MR) is 85.7 cm³/mol. The van der Waals surface area contributed by atoms with Crippen molar-refractivity contribution in [2.24, 2.45) is 0 Å². The fourth-order valence-corrected chi connectivity index (χ4v) is 2.21. The molecule has 2 aromatic heterocycles. The minimum Gasteiger partial charge on any atom is -0.338 e. The summed E-state index contributed by atoms with van der Waals surface area (Å²) in [5, 5.41) is 11.3. The van der Waals surface area contributed by atoms with E-state index in [2.05, 4.69) is 20.6 Å². The average Bonchev–Trinajstić information content (AvgIpc) is 3.04. The first-order valence-electron chi connectivity index (χ1n) is 7.37. The van der Waals surface area contributed by atoms with Crippen molar-refractivity contribution in [2.45, 2.75) is 20.0 Å². The molecule has 3 rings (SSSR count). The molecule has 23 heavy (non-hydrogen) atoms. The highest BCUT2D eigenvalue weighted by Crippen LogP contribution is 2.21. The van der Waals surface area contributed by atoms with Gasteiger partial charge >= 0.3 is 0 Å². The number of aryl methyl sites for hydroxylation is 1. The second-order valence-electron chi connectivity index (χ2n) is 4.99. The summed E-state index contributed by atoms with van der Waals surface area (Å²) in [6.07, 6.45) is 0. The van der Waals surface area contributed by atoms with Crippen molar-refractivity contribution in [3.63, 3.8) is 0 Å². The number of rotatable bonds is 5. The van der Waals surface area contributed by atoms with Gasteiger partial charge in [-0.1, -0.05) is 29.4 Å². The van der Waals surface area contributed by atoms with E-state index >= 15 is 0 Å². The number of hydrogen-bond donors (Lipinski definition) is 1. The molecule has 0 atom stereocenters. The van der Waals surface area contributed by atoms with Gasteiger partial charge in [0.1, 0.15) is 0 Å². The van der Waals surface area contributed by atoms with Gasteiger partial charge in [0.25, 0.3) is 5.56 Å². The molecule has 3 aromatic rings. The lowest BCUT2D eigenvalue weighted by Gasteiger charge is -2.05. The Hall–Kier alpha value is -2.80. The van der Waals surface area contributed by atoms with E-state index in [4.69, 9.17) is 4.52 Å². The van der Waals surface area contributed by atoms with E-state index in [9.17, 15) is 4.79 Å². The monoisotopic (exact) mass is 311 g/mol. The highest BCUT2D eigenvalue weighted by molar-refractivity contribution is 5.64. The van der Waals surface area contributed by atoms with Crippen LogP contribution in [-0.4, -0.2) is 27.0 Å². The Morgan fingerprint density at radius 2 is 1.87 bits per heavy atom. The third-order valence-corrected chi connectivity index (χ3v) is 3.40. The maximum Gasteiger partial charge on any atom is 0.266 e. The summed E-state index contributed by atoms with van der Waals surface area (Å²) in [5.41, 5.74) is 2.44. The van der Waals surface area contributed by atoms with Crippen LogP contribution in [0.3, 0.4) is 0 Å². The van der Waals surface area contributed by atoms with Crippen LogP contribution in [0.1, 0.15) is 12.8 Å². The second-order valence-corrected chi connectivity index (χ2v) is 4.99. The van der Waals surface area contributed by atoms with Gasteiger partial charge in [-0.05, 0) is 20.0 Å². The predicted octanol–water partition coefficient (Wildman–Crippen LogP) is 1.70. The maximum atomic E-state index is 11.6. The molecule has 0 aliphatic rings. The van der Waals surface area contributed by atoms with Gasteiger partial charge in [0.05, 0.1) is 12.2 Å². The topological polar surface area (TPSA) is 85.8 Å². The lowest BCUT2D eigenvalue weighted by molar-refractivity contribution is 0.372. The normalized spacial score (nSPS) is 10.9. The number of nitrogens with zero attached hydrogens (tertiary/aromatic N) is 4. The van der Waals surface area contributed by atoms with Gasteiger partial charge in [0.2, 0.25) is 11.7 Å². The molecule has 7 heteroatoms. The van der Waals surface area contributed by atoms with Crippen molar-refractivity contribution >= 4 is 0 Å². The molecular weight excluding hydrogens is 294 g/mol. The summed E-state index contributed by atoms with van der Waals surface area (Å²) in [5.74, 6) is 1.09. The number of nitrogens with one attached hydrogen (secondary N) is 1. The molecular formula is C16H17N5O2. The maximum absolute atomic E-state index is 11.6. The molecule has 0 saturated carbocycles. The molecule has 0 spiro atoms. The summed E-state index contributed by atoms with van der Waals surface area (Å²) in [7, 11) is 1.82. The molecule has 0 fully saturated rings. The Labute approximate surface area is 133 Å². The van der Waals surface area contributed by atoms with Crippen LogP contribution in [0.4, 0.5) is 0 Å². The molecule has 118 valence electrons. The van der Waals surface area contributed by atoms with Gasteiger partial charge in [-0.25, -0.2) is 4.68 Å². The number of hydrogen-bond acceptors (Lipinski definition) is 6. The van der Waals surface area contributed by atoms with Gasteiger partial charge in [-0.15, -0.1) is 0 Å². The Kier molecular flexibility index (Phi) is 4.29. The van der Waals surface area contributed by atoms with Crippen LogP contribution in [0.15, 0.2) is 45.7 Å². The highest BCUT2D eigenvalue weighted by Gasteiger charge is 2.09. The zero-order valence-electron chi connectivity index (χ0n) is 13.0. The fourth-order valence-electron chi connectivity index (χ4n) is 2.21. The fraction of sp³-hybridized carbons (Fsp3) is 0.250. The quantitative estimate of drug-likeness (QED) is 0.772. The van der Waals surface area contributed by atoms with Gasteiger partial charge in [-0.2, -0.15) is 10.1 Å². The minimum absolute atomic E-state index is 0.100. The number of benzene rings is 1. The van der Waals surface area contributed by atoms with Crippen molar-refractivity contribution in [1.29, 1.82) is 0 Å². The van der Waals surface area contributed by atoms with Crippen LogP contribution < -0.4 is 10.9 Å². The Morgan fingerprint density at radius 1 is 1.13 bits per heavy atom. The molecule has 0 radical (unpaired) electrons. The Bertz CT molecular complexity index is 851. The summed E-state index contributed by atoms with van der Waals surface area (Å²) in [6.45, 7) is 2.97. The van der Waals surface area contributed by atoms with Crippen LogP contribution in [-0.2, 0) is 13.1 Å². The third-order valence-electron chi connectivity index (χ3n) is 3.40. The first-order chi connectivity index (χ1) is 11.2. The molecule has 2 heterocycles. The summed E-state index contributed by atoms with van der Waals surface area (Å²) >= 11 is 0. The smallest absolute Gasteiger partial charge is 0.266 e. The van der Waals surface area contributed by atoms with E-state index in [1.54, 1.807) is 6.07 Å². The molecule has 1 N–H and O–H groups in total. The van der Waals surface area contributed by atoms with Crippen LogP contribution >= 0.6 is 0 Å². The lowest BCUT2D eigenvalue weighted by Crippen LogP contribution is -2.20. The summed E-state index contributed by atoms with van der Waals surface area (Å²) in [6, 6.07) is 10.9. The molecule has 0 bridgehead atoms. The summed E-state index contributed by atoms with van der Waals surface area (Å²) in [4.78, 5) is 15.9. The first kappa shape index (κ1) is 15.1. The van der Waals surface area contributed by atoms with E-state index in [0.717, 1.165) is 16.8 Å². The second kappa shape index (κ2) is 6.53. The van der Waals surface area contributed by atoms with Crippen LogP contribution in [0.5, 0.6) is 0 Å². The van der Waals surface area contributed by atoms with Gasteiger partial charge < -0.3 is 9.84 Å². The third kappa shape index (κ3) is 3.19. The molecule has 0 saturated heterocycles. The van der Waals surface area contributed by atoms with Gasteiger partial charge in [-0.3, -0.25) is 4.79 Å². The molecule has 0 amide bonds. The number of aromatic nitrogens is 4. The van der Waals surface area contributed by atoms with E-state index in [-0.39, 0.29) is 5.56 Å². The van der Waals surface area contributed by atoms with Crippen molar-refractivity contribution in [3.8, 4) is 22.6 Å². The van der Waals surface area contributed by atoms with Crippen molar-refractivity contribution < 1.29 is 4.52 Å². The standard InChI is InChI=1S/C16H17N5O2/c1-3-21-15(22)9-8-13(19-21)11-4-6-12(7-5-11)16-18-14(10-17-2)23-20-16/h4-9,17H,3,10H2,1-2H3. The Balaban J connectivity index is 1.88. The SMILES string of the molecule is CCn1nc(-c2ccc(-c3noc(CNC)n3)cc2)ccc1=O.